The van der Waals surface area contributed by atoms with Crippen LogP contribution in [0.15, 0.2) is 6.07 Å². The van der Waals surface area contributed by atoms with Crippen LogP contribution >= 0.6 is 0 Å². The van der Waals surface area contributed by atoms with E-state index in [1.165, 1.54) is 27.8 Å². The van der Waals surface area contributed by atoms with E-state index in [9.17, 15) is 0 Å². The van der Waals surface area contributed by atoms with E-state index in [4.69, 9.17) is 4.74 Å². The Kier molecular flexibility index (Phi) is 5.83. The molecule has 1 aromatic rings. The van der Waals surface area contributed by atoms with Gasteiger partial charge in [0.25, 0.3) is 0 Å². The lowest BCUT2D eigenvalue weighted by molar-refractivity contribution is 0.196. The van der Waals surface area contributed by atoms with Gasteiger partial charge in [0.05, 0.1) is 6.61 Å². The number of nitrogens with one attached hydrogen (secondary N) is 1. The van der Waals surface area contributed by atoms with Crippen LogP contribution in [0.3, 0.4) is 0 Å². The molecule has 0 aliphatic rings. The predicted molar refractivity (Wildman–Crippen MR) is 78.4 cm³/mol. The van der Waals surface area contributed by atoms with Crippen LogP contribution in [0, 0.1) is 27.7 Å². The molecule has 1 unspecified atom stereocenters. The summed E-state index contributed by atoms with van der Waals surface area (Å²) in [6.07, 6.45) is 1.09. The molecule has 18 heavy (non-hydrogen) atoms. The molecule has 0 saturated carbocycles. The van der Waals surface area contributed by atoms with E-state index in [1.807, 2.05) is 0 Å². The Hall–Kier alpha value is -0.860. The number of aryl methyl sites for hydroxylation is 2. The Labute approximate surface area is 112 Å². The summed E-state index contributed by atoms with van der Waals surface area (Å²) in [7, 11) is 1.74. The van der Waals surface area contributed by atoms with Crippen molar-refractivity contribution in [2.75, 3.05) is 20.3 Å². The Morgan fingerprint density at radius 3 is 2.17 bits per heavy atom. The molecule has 0 spiro atoms. The van der Waals surface area contributed by atoms with Gasteiger partial charge in [-0.1, -0.05) is 6.07 Å². The normalized spacial score (nSPS) is 12.8. The standard InChI is InChI=1S/C16H27NO/c1-11-9-12(2)15(5)16(14(11)4)10-13(3)17-7-8-18-6/h9,13,17H,7-8,10H2,1-6H3. The summed E-state index contributed by atoms with van der Waals surface area (Å²) in [5, 5.41) is 3.50. The number of hydrogen-bond acceptors (Lipinski definition) is 2. The summed E-state index contributed by atoms with van der Waals surface area (Å²) < 4.78 is 5.07. The molecule has 0 saturated heterocycles. The lowest BCUT2D eigenvalue weighted by atomic mass is 9.90. The first kappa shape index (κ1) is 15.2. The van der Waals surface area contributed by atoms with E-state index in [0.29, 0.717) is 6.04 Å². The van der Waals surface area contributed by atoms with Crippen molar-refractivity contribution < 1.29 is 4.74 Å². The minimum atomic E-state index is 0.485. The minimum Gasteiger partial charge on any atom is -0.383 e. The fourth-order valence-electron chi connectivity index (χ4n) is 2.39. The zero-order chi connectivity index (χ0) is 13.7. The van der Waals surface area contributed by atoms with Gasteiger partial charge in [-0.15, -0.1) is 0 Å². The number of rotatable bonds is 6. The predicted octanol–water partition coefficient (Wildman–Crippen LogP) is 3.09. The van der Waals surface area contributed by atoms with Crippen molar-refractivity contribution in [2.45, 2.75) is 47.1 Å². The van der Waals surface area contributed by atoms with Crippen LogP contribution in [0.1, 0.15) is 34.7 Å². The van der Waals surface area contributed by atoms with E-state index in [2.05, 4.69) is 46.0 Å². The Morgan fingerprint density at radius 2 is 1.67 bits per heavy atom. The Balaban J connectivity index is 2.77. The molecule has 0 radical (unpaired) electrons. The first-order valence-corrected chi connectivity index (χ1v) is 6.76. The first-order valence-electron chi connectivity index (χ1n) is 6.76. The van der Waals surface area contributed by atoms with Gasteiger partial charge in [-0.05, 0) is 68.9 Å². The van der Waals surface area contributed by atoms with Crippen LogP contribution in [-0.4, -0.2) is 26.3 Å². The highest BCUT2D eigenvalue weighted by atomic mass is 16.5. The summed E-state index contributed by atoms with van der Waals surface area (Å²) in [4.78, 5) is 0. The van der Waals surface area contributed by atoms with E-state index in [-0.39, 0.29) is 0 Å². The quantitative estimate of drug-likeness (QED) is 0.782. The molecule has 1 N–H and O–H groups in total. The maximum atomic E-state index is 5.07. The van der Waals surface area contributed by atoms with Crippen LogP contribution in [0.4, 0.5) is 0 Å². The van der Waals surface area contributed by atoms with Gasteiger partial charge in [0.15, 0.2) is 0 Å². The molecule has 0 aromatic heterocycles. The molecule has 0 heterocycles. The summed E-state index contributed by atoms with van der Waals surface area (Å²) >= 11 is 0. The fraction of sp³-hybridized carbons (Fsp3) is 0.625. The average Bonchev–Trinajstić information content (AvgIpc) is 2.32. The van der Waals surface area contributed by atoms with Gasteiger partial charge < -0.3 is 10.1 Å². The molecule has 0 amide bonds. The Morgan fingerprint density at radius 1 is 1.11 bits per heavy atom. The van der Waals surface area contributed by atoms with Gasteiger partial charge in [0, 0.05) is 19.7 Å². The molecular formula is C16H27NO. The lowest BCUT2D eigenvalue weighted by Gasteiger charge is -2.19. The minimum absolute atomic E-state index is 0.485. The van der Waals surface area contributed by atoms with Gasteiger partial charge in [0.2, 0.25) is 0 Å². The molecule has 0 bridgehead atoms. The number of ether oxygens (including phenoxy) is 1. The maximum Gasteiger partial charge on any atom is 0.0587 e. The Bertz CT molecular complexity index is 372. The molecule has 1 atom stereocenters. The van der Waals surface area contributed by atoms with Gasteiger partial charge >= 0.3 is 0 Å². The molecule has 0 fully saturated rings. The molecule has 0 aliphatic carbocycles. The van der Waals surface area contributed by atoms with E-state index < -0.39 is 0 Å². The van der Waals surface area contributed by atoms with Gasteiger partial charge in [-0.25, -0.2) is 0 Å². The van der Waals surface area contributed by atoms with Crippen molar-refractivity contribution in [3.8, 4) is 0 Å². The molecular weight excluding hydrogens is 222 g/mol. The monoisotopic (exact) mass is 249 g/mol. The van der Waals surface area contributed by atoms with E-state index in [1.54, 1.807) is 7.11 Å². The smallest absolute Gasteiger partial charge is 0.0587 e. The maximum absolute atomic E-state index is 5.07. The zero-order valence-corrected chi connectivity index (χ0v) is 12.7. The second-order valence-corrected chi connectivity index (χ2v) is 5.29. The summed E-state index contributed by atoms with van der Waals surface area (Å²) in [5.41, 5.74) is 7.19. The average molecular weight is 249 g/mol. The van der Waals surface area contributed by atoms with Gasteiger partial charge in [-0.2, -0.15) is 0 Å². The largest absolute Gasteiger partial charge is 0.383 e. The number of benzene rings is 1. The van der Waals surface area contributed by atoms with Gasteiger partial charge in [-0.3, -0.25) is 0 Å². The van der Waals surface area contributed by atoms with Gasteiger partial charge in [0.1, 0.15) is 0 Å². The summed E-state index contributed by atoms with van der Waals surface area (Å²) in [6.45, 7) is 12.8. The van der Waals surface area contributed by atoms with Crippen molar-refractivity contribution in [1.82, 2.24) is 5.32 Å². The van der Waals surface area contributed by atoms with Crippen LogP contribution < -0.4 is 5.32 Å². The molecule has 102 valence electrons. The number of methoxy groups -OCH3 is 1. The van der Waals surface area contributed by atoms with Crippen LogP contribution in [-0.2, 0) is 11.2 Å². The third-order valence-corrected chi connectivity index (χ3v) is 3.83. The molecule has 1 aromatic carbocycles. The van der Waals surface area contributed by atoms with Crippen LogP contribution in [0.25, 0.3) is 0 Å². The van der Waals surface area contributed by atoms with Crippen LogP contribution in [0.2, 0.25) is 0 Å². The highest BCUT2D eigenvalue weighted by Gasteiger charge is 2.11. The fourth-order valence-corrected chi connectivity index (χ4v) is 2.39. The third kappa shape index (κ3) is 3.82. The third-order valence-electron chi connectivity index (χ3n) is 3.83. The highest BCUT2D eigenvalue weighted by Crippen LogP contribution is 2.22. The van der Waals surface area contributed by atoms with Crippen molar-refractivity contribution in [2.24, 2.45) is 0 Å². The highest BCUT2D eigenvalue weighted by molar-refractivity contribution is 5.44. The zero-order valence-electron chi connectivity index (χ0n) is 12.7. The van der Waals surface area contributed by atoms with E-state index >= 15 is 0 Å². The molecule has 0 aliphatic heterocycles. The molecule has 2 heteroatoms. The van der Waals surface area contributed by atoms with Crippen molar-refractivity contribution in [3.63, 3.8) is 0 Å². The van der Waals surface area contributed by atoms with Crippen molar-refractivity contribution in [3.05, 3.63) is 33.9 Å². The van der Waals surface area contributed by atoms with E-state index in [0.717, 1.165) is 19.6 Å². The molecule has 1 rings (SSSR count). The topological polar surface area (TPSA) is 21.3 Å². The second-order valence-electron chi connectivity index (χ2n) is 5.29. The lowest BCUT2D eigenvalue weighted by Crippen LogP contribution is -2.31. The SMILES string of the molecule is COCCNC(C)Cc1c(C)c(C)cc(C)c1C. The van der Waals surface area contributed by atoms with Crippen LogP contribution in [0.5, 0.6) is 0 Å². The van der Waals surface area contributed by atoms with Crippen molar-refractivity contribution >= 4 is 0 Å². The van der Waals surface area contributed by atoms with Crippen molar-refractivity contribution in [1.29, 1.82) is 0 Å². The first-order chi connectivity index (χ1) is 8.47. The second kappa shape index (κ2) is 6.91. The number of hydrogen-bond donors (Lipinski definition) is 1. The molecule has 2 nitrogen and oxygen atoms in total. The summed E-state index contributed by atoms with van der Waals surface area (Å²) in [6, 6.07) is 2.77. The summed E-state index contributed by atoms with van der Waals surface area (Å²) in [5.74, 6) is 0.